The highest BCUT2D eigenvalue weighted by atomic mass is 16.3. The molecule has 8 aromatic carbocycles. The van der Waals surface area contributed by atoms with Crippen molar-refractivity contribution in [2.45, 2.75) is 81.5 Å². The van der Waals surface area contributed by atoms with E-state index < -0.39 is 0 Å². The monoisotopic (exact) mass is 900 g/mol. The lowest BCUT2D eigenvalue weighted by Crippen LogP contribution is -2.61. The van der Waals surface area contributed by atoms with Crippen LogP contribution in [0.3, 0.4) is 0 Å². The van der Waals surface area contributed by atoms with Crippen molar-refractivity contribution in [3.63, 3.8) is 0 Å². The predicted molar refractivity (Wildman–Crippen MR) is 288 cm³/mol. The molecule has 20 rings (SSSR count). The lowest BCUT2D eigenvalue weighted by molar-refractivity contribution is -0.175. The summed E-state index contributed by atoms with van der Waals surface area (Å²) in [5, 5.41) is 7.98. The third kappa shape index (κ3) is 4.35. The second-order valence-corrected chi connectivity index (χ2v) is 24.8. The van der Waals surface area contributed by atoms with Gasteiger partial charge in [0.2, 0.25) is 0 Å². The van der Waals surface area contributed by atoms with Crippen molar-refractivity contribution in [1.29, 1.82) is 0 Å². The minimum absolute atomic E-state index is 0.0512. The summed E-state index contributed by atoms with van der Waals surface area (Å²) in [5.74, 6) is 5.56. The minimum Gasteiger partial charge on any atom is -0.456 e. The molecule has 336 valence electrons. The van der Waals surface area contributed by atoms with E-state index in [1.54, 1.807) is 11.1 Å². The normalized spacial score (nSPS) is 30.9. The highest BCUT2D eigenvalue weighted by molar-refractivity contribution is 6.94. The lowest BCUT2D eigenvalue weighted by Gasteiger charge is -2.66. The molecule has 3 nitrogen and oxygen atoms in total. The molecule has 4 heterocycles. The van der Waals surface area contributed by atoms with Gasteiger partial charge in [0.25, 0.3) is 0 Å². The first-order valence-corrected chi connectivity index (χ1v) is 27.1. The van der Waals surface area contributed by atoms with Crippen LogP contribution in [0.1, 0.15) is 81.8 Å². The summed E-state index contributed by atoms with van der Waals surface area (Å²) in [5.41, 5.74) is 21.1. The largest absolute Gasteiger partial charge is 0.456 e. The molecule has 0 amide bonds. The zero-order chi connectivity index (χ0) is 45.0. The van der Waals surface area contributed by atoms with Gasteiger partial charge in [-0.3, -0.25) is 0 Å². The Morgan fingerprint density at radius 1 is 0.500 bits per heavy atom. The molecule has 2 unspecified atom stereocenters. The quantitative estimate of drug-likeness (QED) is 0.164. The fraction of sp³-hybridized carbons (Fsp3) is 0.303. The second-order valence-electron chi connectivity index (χ2n) is 24.8. The summed E-state index contributed by atoms with van der Waals surface area (Å²) in [6, 6.07) is 59.4. The Labute approximate surface area is 408 Å². The Morgan fingerprint density at radius 2 is 1.21 bits per heavy atom. The molecule has 70 heavy (non-hydrogen) atoms. The van der Waals surface area contributed by atoms with Crippen molar-refractivity contribution >= 4 is 83.7 Å². The number of furan rings is 1. The van der Waals surface area contributed by atoms with E-state index in [4.69, 9.17) is 4.42 Å². The topological polar surface area (TPSA) is 21.3 Å². The third-order valence-electron chi connectivity index (χ3n) is 21.9. The number of nitrogens with zero attached hydrogens (tertiary/aromatic N) is 2. The molecule has 0 saturated heterocycles. The fourth-order valence-corrected chi connectivity index (χ4v) is 19.7. The first-order chi connectivity index (χ1) is 34.5. The zero-order valence-corrected chi connectivity index (χ0v) is 39.6. The van der Waals surface area contributed by atoms with Crippen LogP contribution >= 0.6 is 0 Å². The van der Waals surface area contributed by atoms with E-state index in [-0.39, 0.29) is 12.3 Å². The number of fused-ring (bicyclic) bond motifs is 13. The van der Waals surface area contributed by atoms with E-state index in [2.05, 4.69) is 161 Å². The number of hydrogen-bond acceptors (Lipinski definition) is 2. The van der Waals surface area contributed by atoms with E-state index in [0.29, 0.717) is 10.8 Å². The molecule has 2 atom stereocenters. The molecule has 8 fully saturated rings. The summed E-state index contributed by atoms with van der Waals surface area (Å²) < 4.78 is 9.62. The highest BCUT2D eigenvalue weighted by Crippen LogP contribution is 2.84. The fourth-order valence-electron chi connectivity index (χ4n) is 19.7. The second kappa shape index (κ2) is 12.3. The van der Waals surface area contributed by atoms with Crippen LogP contribution in [0.15, 0.2) is 156 Å². The molecule has 2 aromatic heterocycles. The molecule has 10 aromatic rings. The van der Waals surface area contributed by atoms with Crippen LogP contribution in [0.4, 0.5) is 11.4 Å². The van der Waals surface area contributed by atoms with Crippen LogP contribution in [0, 0.1) is 40.9 Å². The molecule has 8 aliphatic carbocycles. The van der Waals surface area contributed by atoms with E-state index in [9.17, 15) is 0 Å². The molecule has 10 aliphatic rings. The SMILES string of the molecule is c1ccc(-c2ccc(N3B4c5c(cc6ccccc6c5-n5c6ccc(C78CC9CC%10CC(C7)C%109C8)cc6c6cc(C78CC9CC(CC(C9)C7)C8)cc4c65)-c4cc5c(cc43)oc3ccccc35)cc2)cc1. The van der Waals surface area contributed by atoms with Crippen LogP contribution in [0.5, 0.6) is 0 Å². The molecule has 4 heteroatoms. The maximum Gasteiger partial charge on any atom is 0.333 e. The van der Waals surface area contributed by atoms with Crippen molar-refractivity contribution in [2.24, 2.45) is 40.9 Å². The van der Waals surface area contributed by atoms with Crippen molar-refractivity contribution in [2.75, 3.05) is 4.81 Å². The Balaban J connectivity index is 0.939. The maximum absolute atomic E-state index is 6.82. The summed E-state index contributed by atoms with van der Waals surface area (Å²) in [4.78, 5) is 2.75. The van der Waals surface area contributed by atoms with Gasteiger partial charge in [0.1, 0.15) is 11.2 Å². The number of aromatic nitrogens is 1. The molecule has 2 aliphatic heterocycles. The van der Waals surface area contributed by atoms with Gasteiger partial charge in [-0.05, 0) is 215 Å². The van der Waals surface area contributed by atoms with E-state index in [1.807, 2.05) is 0 Å². The smallest absolute Gasteiger partial charge is 0.333 e. The molecule has 6 bridgehead atoms. The van der Waals surface area contributed by atoms with Crippen molar-refractivity contribution in [1.82, 2.24) is 4.57 Å². The zero-order valence-electron chi connectivity index (χ0n) is 39.6. The van der Waals surface area contributed by atoms with Gasteiger partial charge in [0, 0.05) is 49.9 Å². The van der Waals surface area contributed by atoms with E-state index >= 15 is 0 Å². The van der Waals surface area contributed by atoms with Crippen LogP contribution in [-0.4, -0.2) is 11.4 Å². The Hall–Kier alpha value is -6.52. The molecular weight excluding hydrogens is 848 g/mol. The average molecular weight is 901 g/mol. The Morgan fingerprint density at radius 3 is 1.99 bits per heavy atom. The Bertz CT molecular complexity index is 3970. The summed E-state index contributed by atoms with van der Waals surface area (Å²) >= 11 is 0. The Kier molecular flexibility index (Phi) is 6.57. The first-order valence-electron chi connectivity index (χ1n) is 27.1. The van der Waals surface area contributed by atoms with Crippen molar-refractivity contribution < 1.29 is 4.42 Å². The number of para-hydroxylation sites is 1. The van der Waals surface area contributed by atoms with Crippen LogP contribution in [0.2, 0.25) is 0 Å². The van der Waals surface area contributed by atoms with E-state index in [1.165, 1.54) is 164 Å². The number of benzene rings is 8. The molecule has 0 N–H and O–H groups in total. The number of anilines is 2. The van der Waals surface area contributed by atoms with Gasteiger partial charge in [-0.15, -0.1) is 0 Å². The predicted octanol–water partition coefficient (Wildman–Crippen LogP) is 15.3. The van der Waals surface area contributed by atoms with Gasteiger partial charge >= 0.3 is 6.85 Å². The van der Waals surface area contributed by atoms with Gasteiger partial charge in [0.05, 0.1) is 16.7 Å². The number of rotatable bonds is 4. The number of hydrogen-bond donors (Lipinski definition) is 0. The van der Waals surface area contributed by atoms with Gasteiger partial charge in [-0.2, -0.15) is 0 Å². The molecule has 0 radical (unpaired) electrons. The molecule has 8 saturated carbocycles. The van der Waals surface area contributed by atoms with Gasteiger partial charge in [-0.25, -0.2) is 0 Å². The maximum atomic E-state index is 6.82. The van der Waals surface area contributed by atoms with Crippen LogP contribution in [-0.2, 0) is 10.8 Å². The first kappa shape index (κ1) is 37.3. The van der Waals surface area contributed by atoms with Crippen molar-refractivity contribution in [3.8, 4) is 27.9 Å². The highest BCUT2D eigenvalue weighted by Gasteiger charge is 2.77. The molecule has 1 spiro atoms. The van der Waals surface area contributed by atoms with Crippen LogP contribution in [0.25, 0.3) is 82.5 Å². The lowest BCUT2D eigenvalue weighted by atomic mass is 9.38. The average Bonchev–Trinajstić information content (AvgIpc) is 4.12. The van der Waals surface area contributed by atoms with Gasteiger partial charge in [0.15, 0.2) is 0 Å². The van der Waals surface area contributed by atoms with E-state index in [0.717, 1.165) is 46.7 Å². The van der Waals surface area contributed by atoms with Gasteiger partial charge in [-0.1, -0.05) is 97.1 Å². The van der Waals surface area contributed by atoms with Crippen LogP contribution < -0.4 is 15.7 Å². The minimum atomic E-state index is -0.0512. The summed E-state index contributed by atoms with van der Waals surface area (Å²) in [6.45, 7) is -0.0512. The standard InChI is InChI=1S/C66H53BN2O/c1-2-8-40(9-3-1)41-14-17-48(18-15-41)69-58-30-60-53(50-12-6-7-13-59(50)70-60)29-52(58)54-23-42-10-4-5-11-49(42)63-61(54)67(69)56-28-44(64-31-37-20-38(32-64)22-39(21-37)33-64)27-55-51-26-43(16-19-57(51)68(63)62(55)56)65-34-46-24-45-25-47(35-65)66(45,46)36-65/h1-19,23,26-30,37-39,45-47H,20-22,24-25,31-36H2. The molecular formula is C66H53BN2O. The third-order valence-corrected chi connectivity index (χ3v) is 21.9. The van der Waals surface area contributed by atoms with Crippen molar-refractivity contribution in [3.05, 3.63) is 163 Å². The van der Waals surface area contributed by atoms with Gasteiger partial charge < -0.3 is 13.8 Å². The summed E-state index contributed by atoms with van der Waals surface area (Å²) in [7, 11) is 0. The summed E-state index contributed by atoms with van der Waals surface area (Å²) in [6.07, 6.45) is 15.7.